The zero-order valence-electron chi connectivity index (χ0n) is 11.7. The Kier molecular flexibility index (Phi) is 5.07. The molecule has 0 aromatic heterocycles. The Morgan fingerprint density at radius 1 is 1.10 bits per heavy atom. The normalized spacial score (nSPS) is 12.3. The molecule has 1 N–H and O–H groups in total. The first-order chi connectivity index (χ1) is 9.92. The first kappa shape index (κ1) is 16.1. The van der Waals surface area contributed by atoms with Crippen LogP contribution in [0.5, 0.6) is 0 Å². The van der Waals surface area contributed by atoms with E-state index in [1.54, 1.807) is 18.2 Å². The lowest BCUT2D eigenvalue weighted by Crippen LogP contribution is -2.12. The Morgan fingerprint density at radius 2 is 1.81 bits per heavy atom. The van der Waals surface area contributed by atoms with Crippen molar-refractivity contribution in [3.8, 4) is 0 Å². The van der Waals surface area contributed by atoms with Crippen molar-refractivity contribution in [2.75, 3.05) is 5.32 Å². The quantitative estimate of drug-likeness (QED) is 0.709. The molecule has 0 aliphatic rings. The highest BCUT2D eigenvalue weighted by atomic mass is 35.5. The fourth-order valence-electron chi connectivity index (χ4n) is 2.13. The van der Waals surface area contributed by atoms with Crippen molar-refractivity contribution >= 4 is 28.9 Å². The number of halogens is 4. The van der Waals surface area contributed by atoms with E-state index in [0.717, 1.165) is 11.6 Å². The van der Waals surface area contributed by atoms with Gasteiger partial charge in [0.15, 0.2) is 0 Å². The standard InChI is InChI=1S/C16H15Cl2F2N/c1-3-15(11-5-4-10(17)7-12(11)18)21-16-8-13(19)9(2)6-14(16)20/h4-8,15,21H,3H2,1-2H3. The first-order valence-corrected chi connectivity index (χ1v) is 7.35. The van der Waals surface area contributed by atoms with Crippen LogP contribution in [-0.2, 0) is 0 Å². The second-order valence-electron chi connectivity index (χ2n) is 4.85. The van der Waals surface area contributed by atoms with Crippen molar-refractivity contribution in [1.82, 2.24) is 0 Å². The summed E-state index contributed by atoms with van der Waals surface area (Å²) in [5, 5.41) is 4.03. The second kappa shape index (κ2) is 6.63. The topological polar surface area (TPSA) is 12.0 Å². The molecule has 0 aliphatic heterocycles. The maximum atomic E-state index is 13.9. The van der Waals surface area contributed by atoms with Gasteiger partial charge < -0.3 is 5.32 Å². The van der Waals surface area contributed by atoms with Gasteiger partial charge in [-0.3, -0.25) is 0 Å². The van der Waals surface area contributed by atoms with E-state index in [9.17, 15) is 8.78 Å². The predicted molar refractivity (Wildman–Crippen MR) is 84.2 cm³/mol. The van der Waals surface area contributed by atoms with Gasteiger partial charge in [0.25, 0.3) is 0 Å². The molecular formula is C16H15Cl2F2N. The number of hydrogen-bond acceptors (Lipinski definition) is 1. The van der Waals surface area contributed by atoms with Crippen LogP contribution in [0.1, 0.15) is 30.5 Å². The molecule has 0 amide bonds. The van der Waals surface area contributed by atoms with Crippen molar-refractivity contribution in [3.05, 3.63) is 63.1 Å². The number of aryl methyl sites for hydroxylation is 1. The van der Waals surface area contributed by atoms with E-state index < -0.39 is 11.6 Å². The largest absolute Gasteiger partial charge is 0.376 e. The Balaban J connectivity index is 2.33. The van der Waals surface area contributed by atoms with E-state index in [4.69, 9.17) is 23.2 Å². The minimum absolute atomic E-state index is 0.121. The zero-order valence-corrected chi connectivity index (χ0v) is 13.2. The summed E-state index contributed by atoms with van der Waals surface area (Å²) >= 11 is 12.0. The van der Waals surface area contributed by atoms with Gasteiger partial charge in [-0.1, -0.05) is 36.2 Å². The van der Waals surface area contributed by atoms with E-state index in [1.165, 1.54) is 13.0 Å². The van der Waals surface area contributed by atoms with E-state index in [1.807, 2.05) is 6.92 Å². The molecule has 1 nitrogen and oxygen atoms in total. The third kappa shape index (κ3) is 3.66. The van der Waals surface area contributed by atoms with Gasteiger partial charge >= 0.3 is 0 Å². The third-order valence-corrected chi connectivity index (χ3v) is 3.89. The van der Waals surface area contributed by atoms with Crippen LogP contribution in [0.15, 0.2) is 30.3 Å². The molecule has 2 rings (SSSR count). The molecule has 0 radical (unpaired) electrons. The number of benzene rings is 2. The Labute approximate surface area is 132 Å². The average molecular weight is 330 g/mol. The van der Waals surface area contributed by atoms with Crippen LogP contribution in [0.3, 0.4) is 0 Å². The van der Waals surface area contributed by atoms with Gasteiger partial charge in [-0.25, -0.2) is 8.78 Å². The minimum atomic E-state index is -0.488. The lowest BCUT2D eigenvalue weighted by molar-refractivity contribution is 0.591. The number of nitrogens with one attached hydrogen (secondary N) is 1. The Morgan fingerprint density at radius 3 is 2.43 bits per heavy atom. The molecule has 0 saturated carbocycles. The summed E-state index contributed by atoms with van der Waals surface area (Å²) in [4.78, 5) is 0. The fraction of sp³-hybridized carbons (Fsp3) is 0.250. The highest BCUT2D eigenvalue weighted by molar-refractivity contribution is 6.35. The summed E-state index contributed by atoms with van der Waals surface area (Å²) in [6.07, 6.45) is 0.663. The highest BCUT2D eigenvalue weighted by Crippen LogP contribution is 2.31. The van der Waals surface area contributed by atoms with Gasteiger partial charge in [-0.15, -0.1) is 0 Å². The summed E-state index contributed by atoms with van der Waals surface area (Å²) in [6, 6.07) is 7.25. The number of hydrogen-bond donors (Lipinski definition) is 1. The average Bonchev–Trinajstić information content (AvgIpc) is 2.42. The molecule has 0 saturated heterocycles. The van der Waals surface area contributed by atoms with Crippen LogP contribution >= 0.6 is 23.2 Å². The van der Waals surface area contributed by atoms with Crippen LogP contribution in [0.2, 0.25) is 10.0 Å². The van der Waals surface area contributed by atoms with Crippen LogP contribution in [0, 0.1) is 18.6 Å². The molecule has 0 fully saturated rings. The monoisotopic (exact) mass is 329 g/mol. The van der Waals surface area contributed by atoms with Gasteiger partial charge in [0, 0.05) is 16.1 Å². The summed E-state index contributed by atoms with van der Waals surface area (Å²) < 4.78 is 27.5. The predicted octanol–water partition coefficient (Wildman–Crippen LogP) is 6.14. The maximum Gasteiger partial charge on any atom is 0.146 e. The number of rotatable bonds is 4. The lowest BCUT2D eigenvalue weighted by Gasteiger charge is -2.21. The summed E-state index contributed by atoms with van der Waals surface area (Å²) in [5.41, 5.74) is 1.19. The Bertz CT molecular complexity index is 659. The van der Waals surface area contributed by atoms with Gasteiger partial charge in [0.2, 0.25) is 0 Å². The molecule has 2 aromatic carbocycles. The molecule has 0 bridgehead atoms. The third-order valence-electron chi connectivity index (χ3n) is 3.32. The molecule has 1 unspecified atom stereocenters. The van der Waals surface area contributed by atoms with Crippen molar-refractivity contribution in [3.63, 3.8) is 0 Å². The van der Waals surface area contributed by atoms with E-state index in [-0.39, 0.29) is 17.3 Å². The van der Waals surface area contributed by atoms with Gasteiger partial charge in [0.1, 0.15) is 11.6 Å². The smallest absolute Gasteiger partial charge is 0.146 e. The van der Waals surface area contributed by atoms with Gasteiger partial charge in [0.05, 0.1) is 11.7 Å². The van der Waals surface area contributed by atoms with Crippen molar-refractivity contribution < 1.29 is 8.78 Å². The van der Waals surface area contributed by atoms with Crippen LogP contribution < -0.4 is 5.32 Å². The Hall–Kier alpha value is -1.32. The molecule has 0 aliphatic carbocycles. The summed E-state index contributed by atoms with van der Waals surface area (Å²) in [5.74, 6) is -0.937. The molecule has 112 valence electrons. The second-order valence-corrected chi connectivity index (χ2v) is 5.70. The van der Waals surface area contributed by atoms with Gasteiger partial charge in [-0.2, -0.15) is 0 Å². The van der Waals surface area contributed by atoms with Crippen LogP contribution in [0.25, 0.3) is 0 Å². The highest BCUT2D eigenvalue weighted by Gasteiger charge is 2.16. The molecule has 21 heavy (non-hydrogen) atoms. The zero-order chi connectivity index (χ0) is 15.6. The van der Waals surface area contributed by atoms with Crippen LogP contribution in [-0.4, -0.2) is 0 Å². The minimum Gasteiger partial charge on any atom is -0.376 e. The first-order valence-electron chi connectivity index (χ1n) is 6.59. The molecular weight excluding hydrogens is 315 g/mol. The van der Waals surface area contributed by atoms with E-state index in [2.05, 4.69) is 5.32 Å². The van der Waals surface area contributed by atoms with E-state index >= 15 is 0 Å². The molecule has 2 aromatic rings. The molecule has 1 atom stereocenters. The van der Waals surface area contributed by atoms with Crippen molar-refractivity contribution in [2.24, 2.45) is 0 Å². The maximum absolute atomic E-state index is 13.9. The summed E-state index contributed by atoms with van der Waals surface area (Å²) in [6.45, 7) is 3.46. The number of anilines is 1. The van der Waals surface area contributed by atoms with E-state index in [0.29, 0.717) is 16.5 Å². The SMILES string of the molecule is CCC(Nc1cc(F)c(C)cc1F)c1ccc(Cl)cc1Cl. The molecule has 5 heteroatoms. The van der Waals surface area contributed by atoms with Crippen molar-refractivity contribution in [2.45, 2.75) is 26.3 Å². The fourth-order valence-corrected chi connectivity index (χ4v) is 2.67. The molecule has 0 spiro atoms. The van der Waals surface area contributed by atoms with Crippen molar-refractivity contribution in [1.29, 1.82) is 0 Å². The molecule has 0 heterocycles. The lowest BCUT2D eigenvalue weighted by atomic mass is 10.0. The van der Waals surface area contributed by atoms with Crippen LogP contribution in [0.4, 0.5) is 14.5 Å². The van der Waals surface area contributed by atoms with Gasteiger partial charge in [-0.05, 0) is 42.7 Å². The summed E-state index contributed by atoms with van der Waals surface area (Å²) in [7, 11) is 0.